The van der Waals surface area contributed by atoms with Crippen molar-refractivity contribution in [1.29, 1.82) is 0 Å². The summed E-state index contributed by atoms with van der Waals surface area (Å²) < 4.78 is 5.93. The number of benzene rings is 2. The van der Waals surface area contributed by atoms with E-state index in [9.17, 15) is 4.79 Å². The second kappa shape index (κ2) is 10.3. The molecular weight excluding hydrogens is 370 g/mol. The van der Waals surface area contributed by atoms with Gasteiger partial charge in [0.1, 0.15) is 17.8 Å². The summed E-state index contributed by atoms with van der Waals surface area (Å²) in [7, 11) is 6.00. The molecule has 3 nitrogen and oxygen atoms in total. The lowest BCUT2D eigenvalue weighted by Gasteiger charge is -2.46. The second-order valence-electron chi connectivity index (χ2n) is 9.88. The Balaban J connectivity index is 0.000000589. The Morgan fingerprint density at radius 2 is 1.40 bits per heavy atom. The van der Waals surface area contributed by atoms with Gasteiger partial charge in [-0.1, -0.05) is 26.0 Å². The molecule has 0 aliphatic heterocycles. The van der Waals surface area contributed by atoms with Gasteiger partial charge >= 0.3 is 0 Å². The molecule has 2 aromatic carbocycles. The highest BCUT2D eigenvalue weighted by Gasteiger charge is 2.40. The average molecular weight is 408 g/mol. The minimum Gasteiger partial charge on any atom is -0.457 e. The van der Waals surface area contributed by atoms with E-state index < -0.39 is 0 Å². The molecule has 0 heterocycles. The predicted molar refractivity (Wildman–Crippen MR) is 124 cm³/mol. The number of hydrogen-bond donors (Lipinski definition) is 0. The quantitative estimate of drug-likeness (QED) is 0.532. The van der Waals surface area contributed by atoms with Gasteiger partial charge in [-0.25, -0.2) is 0 Å². The van der Waals surface area contributed by atoms with E-state index in [-0.39, 0.29) is 0 Å². The van der Waals surface area contributed by atoms with E-state index in [1.807, 2.05) is 38.2 Å². The number of rotatable bonds is 4. The number of aldehydes is 1. The molecule has 0 N–H and O–H groups in total. The average Bonchev–Trinajstić information content (AvgIpc) is 2.69. The second-order valence-corrected chi connectivity index (χ2v) is 9.88. The van der Waals surface area contributed by atoms with Gasteiger partial charge in [0.2, 0.25) is 0 Å². The Hall–Kier alpha value is -2.13. The third-order valence-electron chi connectivity index (χ3n) is 6.42. The first kappa shape index (κ1) is 22.6. The van der Waals surface area contributed by atoms with Crippen LogP contribution in [0.5, 0.6) is 11.5 Å². The molecule has 2 aromatic rings. The molecule has 0 saturated heterocycles. The monoisotopic (exact) mass is 407 g/mol. The minimum atomic E-state index is 0.666. The number of fused-ring (bicyclic) bond motifs is 2. The predicted octanol–water partition coefficient (Wildman–Crippen LogP) is 6.65. The molecule has 2 saturated carbocycles. The van der Waals surface area contributed by atoms with Crippen molar-refractivity contribution in [2.75, 3.05) is 21.1 Å². The van der Waals surface area contributed by atoms with Gasteiger partial charge in [-0.2, -0.15) is 0 Å². The van der Waals surface area contributed by atoms with Crippen molar-refractivity contribution in [1.82, 2.24) is 4.90 Å². The molecule has 2 bridgehead atoms. The van der Waals surface area contributed by atoms with Crippen molar-refractivity contribution in [3.63, 3.8) is 0 Å². The lowest BCUT2D eigenvalue weighted by atomic mass is 9.59. The van der Waals surface area contributed by atoms with Crippen LogP contribution >= 0.6 is 0 Å². The van der Waals surface area contributed by atoms with Crippen molar-refractivity contribution in [3.05, 3.63) is 59.7 Å². The number of carbonyl (C=O) groups excluding carboxylic acids is 1. The first-order chi connectivity index (χ1) is 14.4. The normalized spacial score (nSPS) is 27.7. The zero-order valence-corrected chi connectivity index (χ0v) is 19.2. The van der Waals surface area contributed by atoms with Gasteiger partial charge in [0.15, 0.2) is 0 Å². The standard InChI is InChI=1S/C24H28O2.C3H9N/c1-16-11-19-13-17(2)24(21(12-16)14-19)20-5-9-23(10-6-20)26-22-7-3-18(15-25)4-8-22;1-4(2)3/h3-10,15-17,19,21,24H,11-14H2,1-2H3;1-3H3. The van der Waals surface area contributed by atoms with Crippen LogP contribution in [0.3, 0.4) is 0 Å². The summed E-state index contributed by atoms with van der Waals surface area (Å²) in [6.07, 6.45) is 6.46. The maximum atomic E-state index is 10.7. The largest absolute Gasteiger partial charge is 0.457 e. The molecule has 162 valence electrons. The zero-order valence-electron chi connectivity index (χ0n) is 19.2. The van der Waals surface area contributed by atoms with Crippen LogP contribution in [0.25, 0.3) is 0 Å². The molecule has 2 fully saturated rings. The highest BCUT2D eigenvalue weighted by atomic mass is 16.5. The molecule has 30 heavy (non-hydrogen) atoms. The molecule has 0 radical (unpaired) electrons. The van der Waals surface area contributed by atoms with Crippen molar-refractivity contribution >= 4 is 6.29 Å². The van der Waals surface area contributed by atoms with Crippen LogP contribution in [0.15, 0.2) is 48.5 Å². The Labute approximate surface area is 182 Å². The van der Waals surface area contributed by atoms with Crippen molar-refractivity contribution in [3.8, 4) is 11.5 Å². The number of carbonyl (C=O) groups is 1. The molecule has 2 aliphatic rings. The van der Waals surface area contributed by atoms with Crippen LogP contribution in [0.1, 0.15) is 61.4 Å². The first-order valence-electron chi connectivity index (χ1n) is 11.3. The third kappa shape index (κ3) is 5.95. The maximum absolute atomic E-state index is 10.7. The van der Waals surface area contributed by atoms with Gasteiger partial charge in [0.05, 0.1) is 0 Å². The Bertz CT molecular complexity index is 790. The van der Waals surface area contributed by atoms with E-state index in [1.165, 1.54) is 31.2 Å². The van der Waals surface area contributed by atoms with Crippen molar-refractivity contribution in [2.45, 2.75) is 45.4 Å². The molecule has 0 aromatic heterocycles. The first-order valence-corrected chi connectivity index (χ1v) is 11.3. The molecule has 3 heteroatoms. The van der Waals surface area contributed by atoms with E-state index in [0.29, 0.717) is 11.5 Å². The number of ether oxygens (including phenoxy) is 1. The van der Waals surface area contributed by atoms with Gasteiger partial charge in [-0.15, -0.1) is 0 Å². The highest BCUT2D eigenvalue weighted by molar-refractivity contribution is 5.74. The summed E-state index contributed by atoms with van der Waals surface area (Å²) >= 11 is 0. The summed E-state index contributed by atoms with van der Waals surface area (Å²) in [6.45, 7) is 4.87. The lowest BCUT2D eigenvalue weighted by Crippen LogP contribution is -2.35. The van der Waals surface area contributed by atoms with Crippen LogP contribution in [-0.2, 0) is 0 Å². The fraction of sp³-hybridized carbons (Fsp3) is 0.519. The van der Waals surface area contributed by atoms with Crippen LogP contribution < -0.4 is 4.74 Å². The van der Waals surface area contributed by atoms with Crippen LogP contribution in [0.4, 0.5) is 0 Å². The maximum Gasteiger partial charge on any atom is 0.150 e. The van der Waals surface area contributed by atoms with E-state index in [2.05, 4.69) is 38.1 Å². The topological polar surface area (TPSA) is 29.5 Å². The summed E-state index contributed by atoms with van der Waals surface area (Å²) in [5, 5.41) is 0. The van der Waals surface area contributed by atoms with E-state index in [1.54, 1.807) is 12.1 Å². The summed E-state index contributed by atoms with van der Waals surface area (Å²) in [4.78, 5) is 12.7. The number of nitrogens with zero attached hydrogens (tertiary/aromatic N) is 1. The molecule has 5 atom stereocenters. The van der Waals surface area contributed by atoms with Gasteiger partial charge in [-0.05, 0) is 118 Å². The highest BCUT2D eigenvalue weighted by Crippen LogP contribution is 2.52. The molecule has 0 spiro atoms. The van der Waals surface area contributed by atoms with Crippen LogP contribution in [0, 0.1) is 23.7 Å². The van der Waals surface area contributed by atoms with E-state index >= 15 is 0 Å². The summed E-state index contributed by atoms with van der Waals surface area (Å²) in [5.74, 6) is 5.75. The smallest absolute Gasteiger partial charge is 0.150 e. The van der Waals surface area contributed by atoms with Gasteiger partial charge < -0.3 is 9.64 Å². The number of hydrogen-bond acceptors (Lipinski definition) is 3. The minimum absolute atomic E-state index is 0.666. The van der Waals surface area contributed by atoms with E-state index in [4.69, 9.17) is 4.74 Å². The third-order valence-corrected chi connectivity index (χ3v) is 6.42. The van der Waals surface area contributed by atoms with E-state index in [0.717, 1.165) is 41.5 Å². The molecule has 4 rings (SSSR count). The Morgan fingerprint density at radius 1 is 0.833 bits per heavy atom. The van der Waals surface area contributed by atoms with Crippen LogP contribution in [-0.4, -0.2) is 32.3 Å². The molecule has 0 amide bonds. The van der Waals surface area contributed by atoms with Crippen LogP contribution in [0.2, 0.25) is 0 Å². The molecular formula is C27H37NO2. The fourth-order valence-corrected chi connectivity index (χ4v) is 5.53. The van der Waals surface area contributed by atoms with Crippen molar-refractivity contribution in [2.24, 2.45) is 23.7 Å². The van der Waals surface area contributed by atoms with Gasteiger partial charge in [0.25, 0.3) is 0 Å². The van der Waals surface area contributed by atoms with Gasteiger partial charge in [0, 0.05) is 5.56 Å². The zero-order chi connectivity index (χ0) is 21.7. The Morgan fingerprint density at radius 3 is 1.97 bits per heavy atom. The summed E-state index contributed by atoms with van der Waals surface area (Å²) in [5.41, 5.74) is 2.14. The lowest BCUT2D eigenvalue weighted by molar-refractivity contribution is 0.0854. The SMILES string of the molecule is CC1CC2CC(C)C(c3ccc(Oc4ccc(C=O)cc4)cc3)C(C1)C2.CN(C)C. The Kier molecular flexibility index (Phi) is 7.71. The summed E-state index contributed by atoms with van der Waals surface area (Å²) in [6, 6.07) is 15.9. The fourth-order valence-electron chi connectivity index (χ4n) is 5.53. The van der Waals surface area contributed by atoms with Crippen molar-refractivity contribution < 1.29 is 9.53 Å². The molecule has 5 unspecified atom stereocenters. The molecule has 2 aliphatic carbocycles. The van der Waals surface area contributed by atoms with Gasteiger partial charge in [-0.3, -0.25) is 4.79 Å².